The molecule has 0 amide bonds. The van der Waals surface area contributed by atoms with Crippen LogP contribution in [0.5, 0.6) is 0 Å². The summed E-state index contributed by atoms with van der Waals surface area (Å²) in [5, 5.41) is 9.46. The fourth-order valence-corrected chi connectivity index (χ4v) is 3.54. The molecule has 25 heavy (non-hydrogen) atoms. The third-order valence-electron chi connectivity index (χ3n) is 4.65. The van der Waals surface area contributed by atoms with Gasteiger partial charge in [0.2, 0.25) is 0 Å². The minimum atomic E-state index is -4.01. The van der Waals surface area contributed by atoms with Gasteiger partial charge in [-0.2, -0.15) is 0 Å². The average molecular weight is 387 g/mol. The van der Waals surface area contributed by atoms with E-state index in [9.17, 15) is 18.1 Å². The first-order valence-electron chi connectivity index (χ1n) is 10.1. The Morgan fingerprint density at radius 3 is 1.36 bits per heavy atom. The summed E-state index contributed by atoms with van der Waals surface area (Å²) in [6.07, 6.45) is 18.2. The molecule has 0 heterocycles. The van der Waals surface area contributed by atoms with Gasteiger partial charge in [0.15, 0.2) is 0 Å². The molecule has 0 bridgehead atoms. The van der Waals surface area contributed by atoms with E-state index in [4.69, 9.17) is 0 Å². The van der Waals surface area contributed by atoms with E-state index in [2.05, 4.69) is 0 Å². The van der Waals surface area contributed by atoms with Crippen LogP contribution in [0, 0.1) is 0 Å². The van der Waals surface area contributed by atoms with Crippen molar-refractivity contribution in [2.24, 2.45) is 0 Å². The Kier molecular flexibility index (Phi) is 22.0. The molecule has 0 aliphatic rings. The molecule has 1 unspecified atom stereocenters. The smallest absolute Gasteiger partial charge is 0.748 e. The van der Waals surface area contributed by atoms with Gasteiger partial charge in [-0.05, 0) is 19.3 Å². The quantitative estimate of drug-likeness (QED) is 0.222. The molecular weight excluding hydrogens is 347 g/mol. The molecule has 0 saturated carbocycles. The van der Waals surface area contributed by atoms with Crippen LogP contribution in [-0.2, 0) is 10.1 Å². The number of unbranched alkanes of at least 4 members (excludes halogenated alkanes) is 13. The molecule has 0 aliphatic heterocycles. The summed E-state index contributed by atoms with van der Waals surface area (Å²) >= 11 is 0. The summed E-state index contributed by atoms with van der Waals surface area (Å²) in [7, 11) is -4.01. The summed E-state index contributed by atoms with van der Waals surface area (Å²) < 4.78 is 31.3. The van der Waals surface area contributed by atoms with Crippen LogP contribution < -0.4 is 29.6 Å². The van der Waals surface area contributed by atoms with Crippen molar-refractivity contribution in [2.75, 3.05) is 5.75 Å². The Morgan fingerprint density at radius 2 is 1.04 bits per heavy atom. The molecule has 6 heteroatoms. The molecule has 1 N–H and O–H groups in total. The van der Waals surface area contributed by atoms with Crippen LogP contribution in [0.15, 0.2) is 0 Å². The first-order valence-corrected chi connectivity index (χ1v) is 11.6. The normalized spacial score (nSPS) is 12.8. The topological polar surface area (TPSA) is 77.4 Å². The first kappa shape index (κ1) is 28.1. The third kappa shape index (κ3) is 24.9. The molecular formula is C19H39NaO4S. The van der Waals surface area contributed by atoms with Gasteiger partial charge in [0.1, 0.15) is 0 Å². The van der Waals surface area contributed by atoms with E-state index in [1.54, 1.807) is 0 Å². The van der Waals surface area contributed by atoms with Crippen molar-refractivity contribution in [1.29, 1.82) is 0 Å². The van der Waals surface area contributed by atoms with Crippen molar-refractivity contribution in [1.82, 2.24) is 0 Å². The van der Waals surface area contributed by atoms with Crippen molar-refractivity contribution < 1.29 is 47.6 Å². The van der Waals surface area contributed by atoms with E-state index in [0.717, 1.165) is 38.5 Å². The van der Waals surface area contributed by atoms with Gasteiger partial charge in [-0.15, -0.1) is 0 Å². The zero-order valence-corrected chi connectivity index (χ0v) is 19.5. The molecule has 4 nitrogen and oxygen atoms in total. The van der Waals surface area contributed by atoms with Crippen LogP contribution >= 0.6 is 0 Å². The molecule has 0 aromatic heterocycles. The second-order valence-corrected chi connectivity index (χ2v) is 8.59. The van der Waals surface area contributed by atoms with Crippen LogP contribution in [0.3, 0.4) is 0 Å². The zero-order chi connectivity index (χ0) is 18.1. The molecule has 146 valence electrons. The van der Waals surface area contributed by atoms with E-state index in [1.807, 2.05) is 6.92 Å². The summed E-state index contributed by atoms with van der Waals surface area (Å²) in [6.45, 7) is 2.03. The predicted molar refractivity (Wildman–Crippen MR) is 100 cm³/mol. The number of aliphatic hydroxyl groups is 1. The molecule has 0 aliphatic carbocycles. The Hall–Kier alpha value is 0.870. The van der Waals surface area contributed by atoms with Gasteiger partial charge in [0.05, 0.1) is 16.2 Å². The second-order valence-electron chi connectivity index (χ2n) is 7.06. The SMILES string of the molecule is CCC(O)CCCCCCCCCCCCCCCCS(=O)(=O)[O-].[Na+]. The molecule has 0 rings (SSSR count). The van der Waals surface area contributed by atoms with Gasteiger partial charge < -0.3 is 9.66 Å². The molecule has 0 radical (unpaired) electrons. The number of hydrogen-bond donors (Lipinski definition) is 1. The molecule has 0 saturated heterocycles. The third-order valence-corrected chi connectivity index (χ3v) is 5.44. The fourth-order valence-electron chi connectivity index (χ4n) is 2.98. The standard InChI is InChI=1S/C19H40O4S.Na/c1-2-19(20)17-15-13-11-9-7-5-3-4-6-8-10-12-14-16-18-24(21,22)23;/h19-20H,2-18H2,1H3,(H,21,22,23);/q;+1/p-1. The van der Waals surface area contributed by atoms with Crippen molar-refractivity contribution in [3.8, 4) is 0 Å². The van der Waals surface area contributed by atoms with Crippen molar-refractivity contribution in [2.45, 2.75) is 116 Å². The van der Waals surface area contributed by atoms with Crippen molar-refractivity contribution in [3.63, 3.8) is 0 Å². The van der Waals surface area contributed by atoms with Gasteiger partial charge in [0.25, 0.3) is 0 Å². The monoisotopic (exact) mass is 386 g/mol. The molecule has 1 atom stereocenters. The van der Waals surface area contributed by atoms with E-state index in [1.165, 1.54) is 57.8 Å². The first-order chi connectivity index (χ1) is 11.5. The largest absolute Gasteiger partial charge is 1.00 e. The summed E-state index contributed by atoms with van der Waals surface area (Å²) in [6, 6.07) is 0. The second kappa shape index (κ2) is 19.6. The van der Waals surface area contributed by atoms with Crippen LogP contribution in [0.25, 0.3) is 0 Å². The van der Waals surface area contributed by atoms with Gasteiger partial charge in [0, 0.05) is 5.75 Å². The zero-order valence-electron chi connectivity index (χ0n) is 16.7. The van der Waals surface area contributed by atoms with Gasteiger partial charge >= 0.3 is 29.6 Å². The summed E-state index contributed by atoms with van der Waals surface area (Å²) in [5.74, 6) is -0.202. The Morgan fingerprint density at radius 1 is 0.720 bits per heavy atom. The Balaban J connectivity index is 0. The van der Waals surface area contributed by atoms with Crippen LogP contribution in [0.1, 0.15) is 110 Å². The maximum atomic E-state index is 10.4. The molecule has 0 aromatic carbocycles. The predicted octanol–water partition coefficient (Wildman–Crippen LogP) is 2.16. The van der Waals surface area contributed by atoms with E-state index in [-0.39, 0.29) is 41.4 Å². The maximum absolute atomic E-state index is 10.4. The van der Waals surface area contributed by atoms with Crippen LogP contribution in [0.4, 0.5) is 0 Å². The Labute approximate surface area is 178 Å². The van der Waals surface area contributed by atoms with E-state index < -0.39 is 10.1 Å². The minimum absolute atomic E-state index is 0. The van der Waals surface area contributed by atoms with Crippen LogP contribution in [-0.4, -0.2) is 29.9 Å². The van der Waals surface area contributed by atoms with Crippen LogP contribution in [0.2, 0.25) is 0 Å². The fraction of sp³-hybridized carbons (Fsp3) is 1.00. The molecule has 0 aromatic rings. The van der Waals surface area contributed by atoms with E-state index >= 15 is 0 Å². The van der Waals surface area contributed by atoms with Gasteiger partial charge in [-0.1, -0.05) is 90.4 Å². The number of rotatable bonds is 18. The Bertz CT molecular complexity index is 360. The minimum Gasteiger partial charge on any atom is -0.748 e. The summed E-state index contributed by atoms with van der Waals surface area (Å²) in [5.41, 5.74) is 0. The number of aliphatic hydroxyl groups excluding tert-OH is 1. The van der Waals surface area contributed by atoms with Gasteiger partial charge in [-0.3, -0.25) is 0 Å². The van der Waals surface area contributed by atoms with Gasteiger partial charge in [-0.25, -0.2) is 8.42 Å². The molecule has 0 fully saturated rings. The number of hydrogen-bond acceptors (Lipinski definition) is 4. The van der Waals surface area contributed by atoms with Crippen molar-refractivity contribution in [3.05, 3.63) is 0 Å². The maximum Gasteiger partial charge on any atom is 1.00 e. The summed E-state index contributed by atoms with van der Waals surface area (Å²) in [4.78, 5) is 0. The van der Waals surface area contributed by atoms with E-state index in [0.29, 0.717) is 6.42 Å². The average Bonchev–Trinajstić information content (AvgIpc) is 2.53. The van der Waals surface area contributed by atoms with Crippen molar-refractivity contribution >= 4 is 10.1 Å². The molecule has 0 spiro atoms.